The van der Waals surface area contributed by atoms with Gasteiger partial charge in [0.1, 0.15) is 5.69 Å². The van der Waals surface area contributed by atoms with Gasteiger partial charge in [0.15, 0.2) is 0 Å². The summed E-state index contributed by atoms with van der Waals surface area (Å²) in [5.41, 5.74) is 0.390. The Morgan fingerprint density at radius 2 is 2.32 bits per heavy atom. The number of hydrogen-bond donors (Lipinski definition) is 2. The zero-order valence-electron chi connectivity index (χ0n) is 10.3. The van der Waals surface area contributed by atoms with Gasteiger partial charge in [0.25, 0.3) is 5.69 Å². The van der Waals surface area contributed by atoms with E-state index in [1.807, 2.05) is 6.07 Å². The Kier molecular flexibility index (Phi) is 4.83. The molecule has 0 bridgehead atoms. The van der Waals surface area contributed by atoms with Gasteiger partial charge in [0, 0.05) is 18.5 Å². The highest BCUT2D eigenvalue weighted by molar-refractivity contribution is 5.67. The molecule has 1 rings (SSSR count). The van der Waals surface area contributed by atoms with Crippen LogP contribution in [-0.4, -0.2) is 22.0 Å². The van der Waals surface area contributed by atoms with Crippen molar-refractivity contribution in [2.24, 2.45) is 0 Å². The molecule has 0 heterocycles. The highest BCUT2D eigenvalue weighted by Gasteiger charge is 2.16. The van der Waals surface area contributed by atoms with Crippen molar-refractivity contribution in [2.75, 3.05) is 5.32 Å². The van der Waals surface area contributed by atoms with Crippen LogP contribution in [0, 0.1) is 21.4 Å². The third kappa shape index (κ3) is 4.27. The second-order valence-electron chi connectivity index (χ2n) is 4.08. The number of carboxylic acids is 1. The third-order valence-corrected chi connectivity index (χ3v) is 2.52. The normalized spacial score (nSPS) is 11.4. The Morgan fingerprint density at radius 3 is 2.84 bits per heavy atom. The van der Waals surface area contributed by atoms with Gasteiger partial charge in [-0.15, -0.1) is 0 Å². The Morgan fingerprint density at radius 1 is 1.63 bits per heavy atom. The van der Waals surface area contributed by atoms with Crippen molar-refractivity contribution in [1.29, 1.82) is 5.26 Å². The Hall–Kier alpha value is -2.62. The number of nitro benzene ring substituents is 1. The maximum atomic E-state index is 10.9. The van der Waals surface area contributed by atoms with Gasteiger partial charge in [0.05, 0.1) is 16.6 Å². The minimum absolute atomic E-state index is 0.0279. The second-order valence-corrected chi connectivity index (χ2v) is 4.08. The lowest BCUT2D eigenvalue weighted by Crippen LogP contribution is -2.17. The first-order valence-electron chi connectivity index (χ1n) is 5.61. The van der Waals surface area contributed by atoms with Gasteiger partial charge in [-0.2, -0.15) is 5.26 Å². The molecule has 0 aliphatic heterocycles. The fourth-order valence-electron chi connectivity index (χ4n) is 1.56. The van der Waals surface area contributed by atoms with Crippen LogP contribution in [0.3, 0.4) is 0 Å². The summed E-state index contributed by atoms with van der Waals surface area (Å²) in [6, 6.07) is 5.66. The molecular weight excluding hydrogens is 250 g/mol. The lowest BCUT2D eigenvalue weighted by molar-refractivity contribution is -0.384. The van der Waals surface area contributed by atoms with Crippen molar-refractivity contribution >= 4 is 17.3 Å². The summed E-state index contributed by atoms with van der Waals surface area (Å²) in [6.07, 6.45) is 0.309. The number of nitrogens with zero attached hydrogens (tertiary/aromatic N) is 2. The molecule has 7 nitrogen and oxygen atoms in total. The van der Waals surface area contributed by atoms with Crippen LogP contribution in [0.25, 0.3) is 0 Å². The molecule has 0 amide bonds. The molecule has 0 spiro atoms. The van der Waals surface area contributed by atoms with E-state index in [4.69, 9.17) is 10.4 Å². The van der Waals surface area contributed by atoms with E-state index in [-0.39, 0.29) is 23.8 Å². The van der Waals surface area contributed by atoms with Gasteiger partial charge in [-0.3, -0.25) is 14.9 Å². The van der Waals surface area contributed by atoms with Crippen LogP contribution in [0.1, 0.15) is 25.3 Å². The molecule has 7 heteroatoms. The third-order valence-electron chi connectivity index (χ3n) is 2.52. The van der Waals surface area contributed by atoms with Crippen LogP contribution in [0.4, 0.5) is 11.4 Å². The topological polar surface area (TPSA) is 116 Å². The summed E-state index contributed by atoms with van der Waals surface area (Å²) in [7, 11) is 0. The number of rotatable bonds is 6. The molecule has 0 aliphatic rings. The molecule has 100 valence electrons. The zero-order chi connectivity index (χ0) is 14.4. The highest BCUT2D eigenvalue weighted by atomic mass is 16.6. The molecule has 2 N–H and O–H groups in total. The molecule has 19 heavy (non-hydrogen) atoms. The van der Waals surface area contributed by atoms with Crippen LogP contribution in [0.15, 0.2) is 18.2 Å². The quantitative estimate of drug-likeness (QED) is 0.599. The molecule has 0 aromatic heterocycles. The Balaban J connectivity index is 2.88. The molecular formula is C12H13N3O4. The van der Waals surface area contributed by atoms with Crippen molar-refractivity contribution < 1.29 is 14.8 Å². The number of nitrogens with one attached hydrogen (secondary N) is 1. The monoisotopic (exact) mass is 263 g/mol. The summed E-state index contributed by atoms with van der Waals surface area (Å²) in [4.78, 5) is 20.8. The van der Waals surface area contributed by atoms with E-state index in [0.29, 0.717) is 12.0 Å². The van der Waals surface area contributed by atoms with E-state index in [9.17, 15) is 14.9 Å². The number of hydrogen-bond acceptors (Lipinski definition) is 5. The number of nitro groups is 1. The minimum Gasteiger partial charge on any atom is -0.481 e. The molecule has 0 saturated carbocycles. The number of benzene rings is 1. The van der Waals surface area contributed by atoms with E-state index < -0.39 is 10.9 Å². The van der Waals surface area contributed by atoms with Gasteiger partial charge >= 0.3 is 5.97 Å². The van der Waals surface area contributed by atoms with Gasteiger partial charge in [0.2, 0.25) is 0 Å². The van der Waals surface area contributed by atoms with Gasteiger partial charge in [-0.1, -0.05) is 0 Å². The van der Waals surface area contributed by atoms with Crippen molar-refractivity contribution in [3.05, 3.63) is 33.9 Å². The summed E-state index contributed by atoms with van der Waals surface area (Å²) >= 11 is 0. The number of carboxylic acid groups (broad SMARTS) is 1. The highest BCUT2D eigenvalue weighted by Crippen LogP contribution is 2.26. The summed E-state index contributed by atoms with van der Waals surface area (Å²) in [6.45, 7) is 1.73. The van der Waals surface area contributed by atoms with Gasteiger partial charge in [-0.25, -0.2) is 0 Å². The number of carbonyl (C=O) groups is 1. The fraction of sp³-hybridized carbons (Fsp3) is 0.333. The lowest BCUT2D eigenvalue weighted by atomic mass is 10.1. The predicted octanol–water partition coefficient (Wildman–Crippen LogP) is 2.13. The van der Waals surface area contributed by atoms with Crippen LogP contribution < -0.4 is 5.32 Å². The molecule has 1 aromatic carbocycles. The van der Waals surface area contributed by atoms with E-state index in [1.54, 1.807) is 6.92 Å². The van der Waals surface area contributed by atoms with Gasteiger partial charge < -0.3 is 10.4 Å². The average Bonchev–Trinajstić information content (AvgIpc) is 2.35. The largest absolute Gasteiger partial charge is 0.481 e. The predicted molar refractivity (Wildman–Crippen MR) is 67.8 cm³/mol. The van der Waals surface area contributed by atoms with Crippen LogP contribution in [-0.2, 0) is 4.79 Å². The SMILES string of the molecule is CC(CCC(=O)O)Nc1cc(C#N)ccc1[N+](=O)[O-]. The van der Waals surface area contributed by atoms with E-state index in [0.717, 1.165) is 0 Å². The molecule has 1 atom stereocenters. The molecule has 1 unspecified atom stereocenters. The molecule has 0 saturated heterocycles. The molecule has 0 radical (unpaired) electrons. The summed E-state index contributed by atoms with van der Waals surface area (Å²) in [5, 5.41) is 31.1. The van der Waals surface area contributed by atoms with Gasteiger partial charge in [-0.05, 0) is 25.5 Å². The number of nitriles is 1. The first kappa shape index (κ1) is 14.4. The van der Waals surface area contributed by atoms with E-state index in [2.05, 4.69) is 5.32 Å². The average molecular weight is 263 g/mol. The molecule has 1 aromatic rings. The standard InChI is InChI=1S/C12H13N3O4/c1-8(2-5-12(16)17)14-10-6-9(7-13)3-4-11(10)15(18)19/h3-4,6,8,14H,2,5H2,1H3,(H,16,17). The Labute approximate surface area is 109 Å². The van der Waals surface area contributed by atoms with Crippen LogP contribution in [0.2, 0.25) is 0 Å². The van der Waals surface area contributed by atoms with Crippen molar-refractivity contribution in [3.8, 4) is 6.07 Å². The fourth-order valence-corrected chi connectivity index (χ4v) is 1.56. The van der Waals surface area contributed by atoms with E-state index in [1.165, 1.54) is 18.2 Å². The summed E-state index contributed by atoms with van der Waals surface area (Å²) in [5.74, 6) is -0.922. The van der Waals surface area contributed by atoms with Crippen molar-refractivity contribution in [3.63, 3.8) is 0 Å². The van der Waals surface area contributed by atoms with E-state index >= 15 is 0 Å². The Bertz CT molecular complexity index is 536. The van der Waals surface area contributed by atoms with Crippen LogP contribution in [0.5, 0.6) is 0 Å². The molecule has 0 aliphatic carbocycles. The van der Waals surface area contributed by atoms with Crippen molar-refractivity contribution in [2.45, 2.75) is 25.8 Å². The zero-order valence-corrected chi connectivity index (χ0v) is 10.3. The first-order chi connectivity index (χ1) is 8.93. The molecule has 0 fully saturated rings. The van der Waals surface area contributed by atoms with Crippen molar-refractivity contribution in [1.82, 2.24) is 0 Å². The number of anilines is 1. The lowest BCUT2D eigenvalue weighted by Gasteiger charge is -2.14. The summed E-state index contributed by atoms with van der Waals surface area (Å²) < 4.78 is 0. The smallest absolute Gasteiger partial charge is 0.303 e. The minimum atomic E-state index is -0.922. The maximum Gasteiger partial charge on any atom is 0.303 e. The first-order valence-corrected chi connectivity index (χ1v) is 5.61. The van der Waals surface area contributed by atoms with Crippen LogP contribution >= 0.6 is 0 Å². The number of aliphatic carboxylic acids is 1. The second kappa shape index (κ2) is 6.35. The maximum absolute atomic E-state index is 10.9.